The zero-order valence-electron chi connectivity index (χ0n) is 14.8. The minimum Gasteiger partial charge on any atom is -0.460 e. The van der Waals surface area contributed by atoms with E-state index in [1.807, 2.05) is 11.0 Å². The predicted octanol–water partition coefficient (Wildman–Crippen LogP) is 2.11. The molecule has 0 radical (unpaired) electrons. The molecule has 2 aliphatic heterocycles. The fraction of sp³-hybridized carbons (Fsp3) is 0.421. The van der Waals surface area contributed by atoms with Gasteiger partial charge in [0.2, 0.25) is 0 Å². The molecule has 0 bridgehead atoms. The number of carbonyl (C=O) groups is 1. The van der Waals surface area contributed by atoms with Crippen molar-refractivity contribution >= 4 is 29.0 Å². The number of allylic oxidation sites excluding steroid dienone is 1. The van der Waals surface area contributed by atoms with Gasteiger partial charge in [0.15, 0.2) is 5.11 Å². The molecule has 2 heterocycles. The van der Waals surface area contributed by atoms with Gasteiger partial charge in [-0.1, -0.05) is 11.6 Å². The lowest BCUT2D eigenvalue weighted by molar-refractivity contribution is -0.142. The van der Waals surface area contributed by atoms with Crippen LogP contribution in [0, 0.1) is 17.1 Å². The van der Waals surface area contributed by atoms with E-state index in [1.54, 1.807) is 18.2 Å². The van der Waals surface area contributed by atoms with Gasteiger partial charge in [0.1, 0.15) is 11.9 Å². The van der Waals surface area contributed by atoms with E-state index in [-0.39, 0.29) is 23.0 Å². The van der Waals surface area contributed by atoms with Crippen LogP contribution in [0.25, 0.3) is 0 Å². The maximum atomic E-state index is 14.7. The molecule has 6 nitrogen and oxygen atoms in total. The van der Waals surface area contributed by atoms with E-state index in [1.165, 1.54) is 6.07 Å². The summed E-state index contributed by atoms with van der Waals surface area (Å²) in [4.78, 5) is 14.1. The molecule has 142 valence electrons. The highest BCUT2D eigenvalue weighted by Gasteiger charge is 2.36. The Bertz CT molecular complexity index is 810. The van der Waals surface area contributed by atoms with Crippen LogP contribution >= 0.6 is 12.2 Å². The van der Waals surface area contributed by atoms with Crippen molar-refractivity contribution in [1.82, 2.24) is 5.32 Å². The maximum absolute atomic E-state index is 14.7. The number of halogens is 1. The van der Waals surface area contributed by atoms with Crippen LogP contribution in [0.3, 0.4) is 0 Å². The molecule has 1 aromatic carbocycles. The number of ether oxygens (including phenoxy) is 1. The summed E-state index contributed by atoms with van der Waals surface area (Å²) in [6, 6.07) is 6.98. The van der Waals surface area contributed by atoms with Crippen LogP contribution in [0.1, 0.15) is 30.7 Å². The zero-order chi connectivity index (χ0) is 19.4. The van der Waals surface area contributed by atoms with E-state index < -0.39 is 5.92 Å². The lowest BCUT2D eigenvalue weighted by Gasteiger charge is -2.30. The van der Waals surface area contributed by atoms with Crippen molar-refractivity contribution in [3.05, 3.63) is 41.2 Å². The topological polar surface area (TPSA) is 91.4 Å². The van der Waals surface area contributed by atoms with Crippen molar-refractivity contribution in [2.24, 2.45) is 5.73 Å². The molecular formula is C19H21FN4O2S. The Kier molecular flexibility index (Phi) is 5.91. The number of nitrogens with one attached hydrogen (secondary N) is 1. The molecule has 8 heteroatoms. The van der Waals surface area contributed by atoms with Gasteiger partial charge in [-0.15, -0.1) is 0 Å². The number of anilines is 1. The van der Waals surface area contributed by atoms with Crippen LogP contribution < -0.4 is 16.0 Å². The number of carbonyl (C=O) groups excluding carboxylic acids is 1. The molecule has 0 amide bonds. The number of hydrogen-bond donors (Lipinski definition) is 2. The summed E-state index contributed by atoms with van der Waals surface area (Å²) in [6.45, 7) is 1.69. The van der Waals surface area contributed by atoms with Gasteiger partial charge >= 0.3 is 5.97 Å². The molecule has 1 unspecified atom stereocenters. The molecule has 2 fully saturated rings. The standard InChI is InChI=1S/C19H21FN4O2S/c20-16-9-13(15-10-14(26-18(15)25)11-23-19(22)27)1-2-17(16)24-7-4-12(3-6-21)5-8-24/h1-3,9,14-15H,4-5,7-8,10-11H2,(H3,22,23,27)/t14-,15?/m0/s1. The van der Waals surface area contributed by atoms with Gasteiger partial charge in [-0.05, 0) is 42.8 Å². The second-order valence-electron chi connectivity index (χ2n) is 6.72. The Hall–Kier alpha value is -2.66. The number of esters is 1. The summed E-state index contributed by atoms with van der Waals surface area (Å²) in [5.41, 5.74) is 7.62. The van der Waals surface area contributed by atoms with Gasteiger partial charge in [-0.2, -0.15) is 5.26 Å². The second kappa shape index (κ2) is 8.35. The van der Waals surface area contributed by atoms with Crippen LogP contribution in [-0.4, -0.2) is 36.8 Å². The summed E-state index contributed by atoms with van der Waals surface area (Å²) in [5.74, 6) is -1.20. The molecule has 2 aliphatic rings. The molecular weight excluding hydrogens is 367 g/mol. The molecule has 27 heavy (non-hydrogen) atoms. The van der Waals surface area contributed by atoms with Crippen LogP contribution in [0.4, 0.5) is 10.1 Å². The number of cyclic esters (lactones) is 1. The number of benzene rings is 1. The van der Waals surface area contributed by atoms with Gasteiger partial charge in [0.25, 0.3) is 0 Å². The quantitative estimate of drug-likeness (QED) is 0.464. The number of piperidine rings is 1. The number of nitrogens with two attached hydrogens (primary N) is 1. The largest absolute Gasteiger partial charge is 0.460 e. The molecule has 0 saturated carbocycles. The minimum absolute atomic E-state index is 0.152. The Morgan fingerprint density at radius 1 is 1.48 bits per heavy atom. The zero-order valence-corrected chi connectivity index (χ0v) is 15.6. The first-order valence-electron chi connectivity index (χ1n) is 8.83. The molecule has 0 aliphatic carbocycles. The van der Waals surface area contributed by atoms with Crippen LogP contribution in [0.15, 0.2) is 29.8 Å². The van der Waals surface area contributed by atoms with E-state index in [0.29, 0.717) is 37.3 Å². The van der Waals surface area contributed by atoms with Crippen molar-refractivity contribution < 1.29 is 13.9 Å². The summed E-state index contributed by atoms with van der Waals surface area (Å²) < 4.78 is 20.0. The average molecular weight is 388 g/mol. The Morgan fingerprint density at radius 3 is 2.85 bits per heavy atom. The van der Waals surface area contributed by atoms with Gasteiger partial charge in [0.05, 0.1) is 24.2 Å². The smallest absolute Gasteiger partial charge is 0.313 e. The highest BCUT2D eigenvalue weighted by molar-refractivity contribution is 7.80. The maximum Gasteiger partial charge on any atom is 0.313 e. The predicted molar refractivity (Wildman–Crippen MR) is 104 cm³/mol. The summed E-state index contributed by atoms with van der Waals surface area (Å²) in [5, 5.41) is 11.7. The third-order valence-electron chi connectivity index (χ3n) is 4.96. The Labute approximate surface area is 162 Å². The van der Waals surface area contributed by atoms with Gasteiger partial charge < -0.3 is 20.7 Å². The monoisotopic (exact) mass is 388 g/mol. The van der Waals surface area contributed by atoms with Crippen molar-refractivity contribution in [1.29, 1.82) is 5.26 Å². The van der Waals surface area contributed by atoms with E-state index in [4.69, 9.17) is 28.0 Å². The molecule has 2 atom stereocenters. The second-order valence-corrected chi connectivity index (χ2v) is 7.16. The van der Waals surface area contributed by atoms with E-state index in [9.17, 15) is 9.18 Å². The van der Waals surface area contributed by atoms with Gasteiger partial charge in [-0.3, -0.25) is 4.79 Å². The van der Waals surface area contributed by atoms with Gasteiger partial charge in [0, 0.05) is 25.6 Å². The fourth-order valence-electron chi connectivity index (χ4n) is 3.53. The number of nitrogens with zero attached hydrogens (tertiary/aromatic N) is 2. The molecule has 3 rings (SSSR count). The molecule has 0 spiro atoms. The van der Waals surface area contributed by atoms with E-state index in [2.05, 4.69) is 5.32 Å². The van der Waals surface area contributed by atoms with Crippen LogP contribution in [0.2, 0.25) is 0 Å². The highest BCUT2D eigenvalue weighted by Crippen LogP contribution is 2.33. The third-order valence-corrected chi connectivity index (χ3v) is 5.10. The normalized spacial score (nSPS) is 22.1. The fourth-order valence-corrected chi connectivity index (χ4v) is 3.62. The molecule has 3 N–H and O–H groups in total. The van der Waals surface area contributed by atoms with Gasteiger partial charge in [-0.25, -0.2) is 4.39 Å². The lowest BCUT2D eigenvalue weighted by atomic mass is 9.94. The first-order chi connectivity index (χ1) is 13.0. The Balaban J connectivity index is 1.67. The van der Waals surface area contributed by atoms with E-state index in [0.717, 1.165) is 18.4 Å². The number of hydrogen-bond acceptors (Lipinski definition) is 5. The van der Waals surface area contributed by atoms with Crippen molar-refractivity contribution in [2.75, 3.05) is 24.5 Å². The first kappa shape index (κ1) is 19.1. The Morgan fingerprint density at radius 2 is 2.22 bits per heavy atom. The van der Waals surface area contributed by atoms with Crippen molar-refractivity contribution in [2.45, 2.75) is 31.3 Å². The van der Waals surface area contributed by atoms with Crippen LogP contribution in [0.5, 0.6) is 0 Å². The number of thiocarbonyl (C=S) groups is 1. The minimum atomic E-state index is -0.488. The lowest BCUT2D eigenvalue weighted by Crippen LogP contribution is -2.35. The van der Waals surface area contributed by atoms with Crippen molar-refractivity contribution in [3.8, 4) is 6.07 Å². The number of nitriles is 1. The summed E-state index contributed by atoms with van der Waals surface area (Å²) in [7, 11) is 0. The van der Waals surface area contributed by atoms with Crippen molar-refractivity contribution in [3.63, 3.8) is 0 Å². The average Bonchev–Trinajstić information content (AvgIpc) is 3.02. The summed E-state index contributed by atoms with van der Waals surface area (Å²) in [6.07, 6.45) is 3.20. The van der Waals surface area contributed by atoms with E-state index >= 15 is 0 Å². The number of rotatable bonds is 4. The first-order valence-corrected chi connectivity index (χ1v) is 9.24. The van der Waals surface area contributed by atoms with Crippen LogP contribution in [-0.2, 0) is 9.53 Å². The highest BCUT2D eigenvalue weighted by atomic mass is 32.1. The molecule has 2 saturated heterocycles. The third kappa shape index (κ3) is 4.55. The molecule has 1 aromatic rings. The molecule has 0 aromatic heterocycles. The SMILES string of the molecule is N#CC=C1CCN(c2ccc(C3C[C@@H](CNC(N)=S)OC3=O)cc2F)CC1. The summed E-state index contributed by atoms with van der Waals surface area (Å²) >= 11 is 4.75.